The van der Waals surface area contributed by atoms with Crippen LogP contribution in [0.5, 0.6) is 5.88 Å². The van der Waals surface area contributed by atoms with E-state index in [1.54, 1.807) is 6.92 Å². The van der Waals surface area contributed by atoms with E-state index in [1.807, 2.05) is 18.2 Å². The molecule has 1 fully saturated rings. The lowest BCUT2D eigenvalue weighted by Gasteiger charge is -2.28. The minimum absolute atomic E-state index is 0.161. The molecule has 0 bridgehead atoms. The second-order valence-corrected chi connectivity index (χ2v) is 5.52. The number of aromatic amines is 1. The van der Waals surface area contributed by atoms with Crippen LogP contribution in [-0.4, -0.2) is 15.1 Å². The number of aromatic nitrogens is 2. The van der Waals surface area contributed by atoms with Crippen molar-refractivity contribution in [1.82, 2.24) is 9.97 Å². The Morgan fingerprint density at radius 1 is 1.20 bits per heavy atom. The summed E-state index contributed by atoms with van der Waals surface area (Å²) >= 11 is 0. The van der Waals surface area contributed by atoms with Crippen LogP contribution in [0.25, 0.3) is 0 Å². The third-order valence-electron chi connectivity index (χ3n) is 4.36. The summed E-state index contributed by atoms with van der Waals surface area (Å²) in [6, 6.07) is 10.1. The molecule has 1 aromatic carbocycles. The molecule has 1 aromatic heterocycles. The normalized spacial score (nSPS) is 17.2. The minimum Gasteiger partial charge on any atom is -0.493 e. The van der Waals surface area contributed by atoms with E-state index >= 15 is 0 Å². The molecule has 3 rings (SSSR count). The second-order valence-electron chi connectivity index (χ2n) is 5.52. The summed E-state index contributed by atoms with van der Waals surface area (Å²) in [6.07, 6.45) is 4.10. The molecule has 104 valence electrons. The van der Waals surface area contributed by atoms with Gasteiger partial charge in [0.25, 0.3) is 5.56 Å². The lowest BCUT2D eigenvalue weighted by atomic mass is 9.78. The van der Waals surface area contributed by atoms with Crippen LogP contribution >= 0.6 is 0 Å². The molecular weight excluding hydrogens is 252 g/mol. The summed E-state index contributed by atoms with van der Waals surface area (Å²) < 4.78 is 0. The van der Waals surface area contributed by atoms with Gasteiger partial charge in [-0.05, 0) is 25.3 Å². The molecule has 0 unspecified atom stereocenters. The topological polar surface area (TPSA) is 66.0 Å². The smallest absolute Gasteiger partial charge is 0.257 e. The van der Waals surface area contributed by atoms with Crippen molar-refractivity contribution >= 4 is 0 Å². The molecule has 0 amide bonds. The van der Waals surface area contributed by atoms with Crippen LogP contribution < -0.4 is 5.56 Å². The fourth-order valence-electron chi connectivity index (χ4n) is 3.15. The van der Waals surface area contributed by atoms with Crippen LogP contribution in [0, 0.1) is 6.92 Å². The molecule has 0 saturated heterocycles. The molecule has 4 heteroatoms. The number of hydrogen-bond donors (Lipinski definition) is 2. The van der Waals surface area contributed by atoms with Gasteiger partial charge in [-0.25, -0.2) is 0 Å². The van der Waals surface area contributed by atoms with Crippen LogP contribution in [0.1, 0.15) is 42.6 Å². The van der Waals surface area contributed by atoms with Gasteiger partial charge in [0.1, 0.15) is 5.82 Å². The zero-order valence-electron chi connectivity index (χ0n) is 11.5. The number of hydrogen-bond acceptors (Lipinski definition) is 3. The van der Waals surface area contributed by atoms with Crippen LogP contribution in [-0.2, 0) is 5.41 Å². The molecule has 0 radical (unpaired) electrons. The summed E-state index contributed by atoms with van der Waals surface area (Å²) in [5.74, 6) is 0.431. The lowest BCUT2D eigenvalue weighted by Crippen LogP contribution is -2.30. The molecule has 2 N–H and O–H groups in total. The van der Waals surface area contributed by atoms with Crippen LogP contribution in [0.3, 0.4) is 0 Å². The standard InChI is InChI=1S/C16H18N2O2/c1-11-13(19)17-15(18-14(11)20)16(9-5-6-10-16)12-7-3-2-4-8-12/h2-4,7-8H,5-6,9-10H2,1H3,(H2,17,18,19,20). The highest BCUT2D eigenvalue weighted by Crippen LogP contribution is 2.44. The summed E-state index contributed by atoms with van der Waals surface area (Å²) in [7, 11) is 0. The summed E-state index contributed by atoms with van der Waals surface area (Å²) in [5, 5.41) is 9.87. The van der Waals surface area contributed by atoms with Crippen LogP contribution in [0.4, 0.5) is 0 Å². The molecule has 20 heavy (non-hydrogen) atoms. The Bertz CT molecular complexity index is 671. The second kappa shape index (κ2) is 4.78. The van der Waals surface area contributed by atoms with Gasteiger partial charge < -0.3 is 10.1 Å². The maximum absolute atomic E-state index is 11.9. The van der Waals surface area contributed by atoms with Gasteiger partial charge in [0, 0.05) is 0 Å². The first-order valence-corrected chi connectivity index (χ1v) is 6.99. The van der Waals surface area contributed by atoms with E-state index in [2.05, 4.69) is 22.1 Å². The third kappa shape index (κ3) is 1.92. The van der Waals surface area contributed by atoms with Gasteiger partial charge in [-0.1, -0.05) is 43.2 Å². The fourth-order valence-corrected chi connectivity index (χ4v) is 3.15. The third-order valence-corrected chi connectivity index (χ3v) is 4.36. The quantitative estimate of drug-likeness (QED) is 0.881. The van der Waals surface area contributed by atoms with Gasteiger partial charge >= 0.3 is 0 Å². The van der Waals surface area contributed by atoms with Crippen molar-refractivity contribution in [2.75, 3.05) is 0 Å². The van der Waals surface area contributed by atoms with Crippen molar-refractivity contribution in [1.29, 1.82) is 0 Å². The van der Waals surface area contributed by atoms with Crippen molar-refractivity contribution in [2.45, 2.75) is 38.0 Å². The highest BCUT2D eigenvalue weighted by atomic mass is 16.3. The van der Waals surface area contributed by atoms with Gasteiger partial charge in [-0.3, -0.25) is 4.79 Å². The maximum atomic E-state index is 11.9. The van der Waals surface area contributed by atoms with Crippen LogP contribution in [0.15, 0.2) is 35.1 Å². The van der Waals surface area contributed by atoms with Crippen molar-refractivity contribution in [2.24, 2.45) is 0 Å². The Morgan fingerprint density at radius 2 is 1.85 bits per heavy atom. The van der Waals surface area contributed by atoms with Gasteiger partial charge in [-0.15, -0.1) is 0 Å². The fraction of sp³-hybridized carbons (Fsp3) is 0.375. The Morgan fingerprint density at radius 3 is 2.45 bits per heavy atom. The first-order chi connectivity index (χ1) is 9.63. The molecule has 1 saturated carbocycles. The summed E-state index contributed by atoms with van der Waals surface area (Å²) in [5.41, 5.74) is 0.902. The average Bonchev–Trinajstić information content (AvgIpc) is 2.96. The molecule has 4 nitrogen and oxygen atoms in total. The predicted molar refractivity (Wildman–Crippen MR) is 76.9 cm³/mol. The van der Waals surface area contributed by atoms with Crippen molar-refractivity contribution in [3.63, 3.8) is 0 Å². The monoisotopic (exact) mass is 270 g/mol. The largest absolute Gasteiger partial charge is 0.493 e. The number of aromatic hydroxyl groups is 1. The molecule has 1 heterocycles. The van der Waals surface area contributed by atoms with E-state index in [1.165, 1.54) is 0 Å². The summed E-state index contributed by atoms with van der Waals surface area (Å²) in [4.78, 5) is 19.1. The van der Waals surface area contributed by atoms with Gasteiger partial charge in [-0.2, -0.15) is 4.98 Å². The number of H-pyrrole nitrogens is 1. The highest BCUT2D eigenvalue weighted by molar-refractivity contribution is 5.36. The summed E-state index contributed by atoms with van der Waals surface area (Å²) in [6.45, 7) is 1.58. The van der Waals surface area contributed by atoms with E-state index in [9.17, 15) is 9.90 Å². The van der Waals surface area contributed by atoms with Gasteiger partial charge in [0.15, 0.2) is 0 Å². The van der Waals surface area contributed by atoms with Crippen molar-refractivity contribution in [3.8, 4) is 5.88 Å². The zero-order valence-corrected chi connectivity index (χ0v) is 11.5. The van der Waals surface area contributed by atoms with Crippen molar-refractivity contribution < 1.29 is 5.11 Å². The molecule has 1 aliphatic rings. The van der Waals surface area contributed by atoms with E-state index in [-0.39, 0.29) is 22.4 Å². The molecule has 0 spiro atoms. The first kappa shape index (κ1) is 12.9. The van der Waals surface area contributed by atoms with E-state index in [0.717, 1.165) is 31.2 Å². The number of nitrogens with one attached hydrogen (secondary N) is 1. The molecule has 0 aliphatic heterocycles. The van der Waals surface area contributed by atoms with Crippen molar-refractivity contribution in [3.05, 3.63) is 57.6 Å². The zero-order chi connectivity index (χ0) is 14.2. The molecule has 0 atom stereocenters. The Kier molecular flexibility index (Phi) is 3.08. The van der Waals surface area contributed by atoms with E-state index in [0.29, 0.717) is 5.82 Å². The molecular formula is C16H18N2O2. The Labute approximate surface area is 117 Å². The number of nitrogens with zero attached hydrogens (tertiary/aromatic N) is 1. The van der Waals surface area contributed by atoms with E-state index < -0.39 is 0 Å². The average molecular weight is 270 g/mol. The van der Waals surface area contributed by atoms with E-state index in [4.69, 9.17) is 0 Å². The number of rotatable bonds is 2. The van der Waals surface area contributed by atoms with Gasteiger partial charge in [0.05, 0.1) is 11.0 Å². The first-order valence-electron chi connectivity index (χ1n) is 6.99. The van der Waals surface area contributed by atoms with Gasteiger partial charge in [0.2, 0.25) is 5.88 Å². The molecule has 1 aliphatic carbocycles. The predicted octanol–water partition coefficient (Wildman–Crippen LogP) is 2.64. The highest BCUT2D eigenvalue weighted by Gasteiger charge is 2.40. The Balaban J connectivity index is 2.20. The van der Waals surface area contributed by atoms with Crippen LogP contribution in [0.2, 0.25) is 0 Å². The number of benzene rings is 1. The lowest BCUT2D eigenvalue weighted by molar-refractivity contribution is 0.423. The maximum Gasteiger partial charge on any atom is 0.257 e. The Hall–Kier alpha value is -2.10. The SMILES string of the molecule is Cc1c(O)nc(C2(c3ccccc3)CCCC2)[nH]c1=O. The minimum atomic E-state index is -0.272. The molecule has 2 aromatic rings.